The van der Waals surface area contributed by atoms with Crippen LogP contribution in [0.25, 0.3) is 0 Å². The molecular formula is C16H23NOS. The molecule has 0 saturated heterocycles. The first-order valence-electron chi connectivity index (χ1n) is 7.42. The summed E-state index contributed by atoms with van der Waals surface area (Å²) in [4.78, 5) is 14.7. The molecule has 1 aromatic rings. The number of fused-ring (bicyclic) bond motifs is 2. The monoisotopic (exact) mass is 277 g/mol. The fourth-order valence-electron chi connectivity index (χ4n) is 4.15. The Bertz CT molecular complexity index is 493. The highest BCUT2D eigenvalue weighted by molar-refractivity contribution is 7.12. The first-order valence-corrected chi connectivity index (χ1v) is 8.24. The van der Waals surface area contributed by atoms with Crippen molar-refractivity contribution in [1.82, 2.24) is 5.32 Å². The van der Waals surface area contributed by atoms with E-state index < -0.39 is 0 Å². The molecule has 0 unspecified atom stereocenters. The number of hydrogen-bond acceptors (Lipinski definition) is 2. The van der Waals surface area contributed by atoms with Gasteiger partial charge in [0.05, 0.1) is 5.56 Å². The van der Waals surface area contributed by atoms with Gasteiger partial charge in [-0.05, 0) is 63.9 Å². The Hall–Kier alpha value is -0.830. The van der Waals surface area contributed by atoms with Crippen LogP contribution < -0.4 is 5.32 Å². The first-order chi connectivity index (χ1) is 9.04. The lowest BCUT2D eigenvalue weighted by Gasteiger charge is -2.28. The molecule has 2 aliphatic rings. The molecule has 2 bridgehead atoms. The van der Waals surface area contributed by atoms with Crippen molar-refractivity contribution in [3.63, 3.8) is 0 Å². The van der Waals surface area contributed by atoms with Gasteiger partial charge in [0.15, 0.2) is 0 Å². The smallest absolute Gasteiger partial charge is 0.252 e. The van der Waals surface area contributed by atoms with Crippen molar-refractivity contribution in [3.8, 4) is 0 Å². The zero-order valence-corrected chi connectivity index (χ0v) is 12.8. The normalized spacial score (nSPS) is 30.6. The topological polar surface area (TPSA) is 29.1 Å². The largest absolute Gasteiger partial charge is 0.349 e. The number of hydrogen-bond donors (Lipinski definition) is 1. The van der Waals surface area contributed by atoms with Crippen molar-refractivity contribution >= 4 is 17.2 Å². The van der Waals surface area contributed by atoms with E-state index in [1.807, 2.05) is 13.0 Å². The fraction of sp³-hybridized carbons (Fsp3) is 0.688. The highest BCUT2D eigenvalue weighted by Crippen LogP contribution is 2.49. The number of rotatable bonds is 3. The Kier molecular flexibility index (Phi) is 3.42. The molecule has 0 spiro atoms. The second-order valence-corrected chi connectivity index (χ2v) is 7.89. The quantitative estimate of drug-likeness (QED) is 0.891. The maximum Gasteiger partial charge on any atom is 0.252 e. The molecule has 19 heavy (non-hydrogen) atoms. The summed E-state index contributed by atoms with van der Waals surface area (Å²) in [6, 6.07) is 2.34. The van der Waals surface area contributed by atoms with Crippen LogP contribution in [0.4, 0.5) is 0 Å². The standard InChI is InChI=1S/C16H23NOS/c1-9-6-15(11(3)19-9)16(18)17-10(2)14-8-12-4-5-13(14)7-12/h6,10,12-14H,4-5,7-8H2,1-3H3,(H,17,18)/t10-,12+,13+,14-/m1/s1. The maximum atomic E-state index is 12.3. The lowest BCUT2D eigenvalue weighted by Crippen LogP contribution is -2.40. The van der Waals surface area contributed by atoms with Gasteiger partial charge in [-0.1, -0.05) is 6.42 Å². The van der Waals surface area contributed by atoms with Crippen LogP contribution in [0, 0.1) is 31.6 Å². The summed E-state index contributed by atoms with van der Waals surface area (Å²) in [7, 11) is 0. The fourth-order valence-corrected chi connectivity index (χ4v) is 5.08. The van der Waals surface area contributed by atoms with E-state index in [-0.39, 0.29) is 5.91 Å². The highest BCUT2D eigenvalue weighted by Gasteiger charge is 2.42. The van der Waals surface area contributed by atoms with Crippen LogP contribution in [-0.2, 0) is 0 Å². The summed E-state index contributed by atoms with van der Waals surface area (Å²) in [6.07, 6.45) is 5.53. The van der Waals surface area contributed by atoms with Crippen LogP contribution in [0.15, 0.2) is 6.07 Å². The summed E-state index contributed by atoms with van der Waals surface area (Å²) in [5.41, 5.74) is 0.873. The van der Waals surface area contributed by atoms with E-state index >= 15 is 0 Å². The zero-order valence-electron chi connectivity index (χ0n) is 12.0. The minimum Gasteiger partial charge on any atom is -0.349 e. The van der Waals surface area contributed by atoms with Crippen molar-refractivity contribution in [1.29, 1.82) is 0 Å². The minimum absolute atomic E-state index is 0.122. The second kappa shape index (κ2) is 4.93. The van der Waals surface area contributed by atoms with Crippen LogP contribution in [0.1, 0.15) is 52.7 Å². The van der Waals surface area contributed by atoms with Crippen LogP contribution in [-0.4, -0.2) is 11.9 Å². The molecule has 3 rings (SSSR count). The molecule has 4 atom stereocenters. The molecule has 1 amide bonds. The summed E-state index contributed by atoms with van der Waals surface area (Å²) >= 11 is 1.71. The zero-order chi connectivity index (χ0) is 13.6. The lowest BCUT2D eigenvalue weighted by molar-refractivity contribution is 0.0915. The molecule has 1 heterocycles. The van der Waals surface area contributed by atoms with Gasteiger partial charge in [0.1, 0.15) is 0 Å². The van der Waals surface area contributed by atoms with Crippen LogP contribution in [0.3, 0.4) is 0 Å². The van der Waals surface area contributed by atoms with Crippen molar-refractivity contribution < 1.29 is 4.79 Å². The number of amides is 1. The highest BCUT2D eigenvalue weighted by atomic mass is 32.1. The number of carbonyl (C=O) groups excluding carboxylic acids is 1. The third kappa shape index (κ3) is 2.45. The molecule has 0 radical (unpaired) electrons. The number of aryl methyl sites for hydroxylation is 2. The summed E-state index contributed by atoms with van der Waals surface area (Å²) < 4.78 is 0. The molecule has 3 heteroatoms. The third-order valence-electron chi connectivity index (χ3n) is 5.08. The van der Waals surface area contributed by atoms with E-state index in [0.717, 1.165) is 22.3 Å². The van der Waals surface area contributed by atoms with Gasteiger partial charge >= 0.3 is 0 Å². The molecule has 1 N–H and O–H groups in total. The molecule has 2 aliphatic carbocycles. The average molecular weight is 277 g/mol. The summed E-state index contributed by atoms with van der Waals surface area (Å²) in [5, 5.41) is 3.24. The molecule has 0 aromatic carbocycles. The van der Waals surface area contributed by atoms with Crippen LogP contribution in [0.2, 0.25) is 0 Å². The van der Waals surface area contributed by atoms with Crippen LogP contribution in [0.5, 0.6) is 0 Å². The third-order valence-corrected chi connectivity index (χ3v) is 6.05. The lowest BCUT2D eigenvalue weighted by atomic mass is 9.84. The SMILES string of the molecule is Cc1cc(C(=O)N[C@H](C)[C@H]2C[C@H]3CC[C@H]2C3)c(C)s1. The number of nitrogens with one attached hydrogen (secondary N) is 1. The van der Waals surface area contributed by atoms with Crippen molar-refractivity contribution in [2.45, 2.75) is 52.5 Å². The first kappa shape index (κ1) is 13.2. The van der Waals surface area contributed by atoms with Gasteiger partial charge < -0.3 is 5.32 Å². The predicted octanol–water partition coefficient (Wildman–Crippen LogP) is 3.92. The average Bonchev–Trinajstić information content (AvgIpc) is 3.03. The van der Waals surface area contributed by atoms with Gasteiger partial charge in [-0.15, -0.1) is 11.3 Å². The van der Waals surface area contributed by atoms with E-state index in [9.17, 15) is 4.79 Å². The summed E-state index contributed by atoms with van der Waals surface area (Å²) in [5.74, 6) is 2.64. The van der Waals surface area contributed by atoms with Gasteiger partial charge in [0, 0.05) is 15.8 Å². The summed E-state index contributed by atoms with van der Waals surface area (Å²) in [6.45, 7) is 6.29. The number of carbonyl (C=O) groups is 1. The number of thiophene rings is 1. The van der Waals surface area contributed by atoms with Crippen molar-refractivity contribution in [2.75, 3.05) is 0 Å². The molecule has 0 aliphatic heterocycles. The Morgan fingerprint density at radius 3 is 2.68 bits per heavy atom. The van der Waals surface area contributed by atoms with Crippen LogP contribution >= 0.6 is 11.3 Å². The molecule has 2 fully saturated rings. The molecular weight excluding hydrogens is 254 g/mol. The van der Waals surface area contributed by atoms with E-state index in [2.05, 4.69) is 19.2 Å². The van der Waals surface area contributed by atoms with E-state index in [4.69, 9.17) is 0 Å². The van der Waals surface area contributed by atoms with Gasteiger partial charge in [-0.2, -0.15) is 0 Å². The van der Waals surface area contributed by atoms with Gasteiger partial charge in [-0.3, -0.25) is 4.79 Å². The van der Waals surface area contributed by atoms with Gasteiger partial charge in [0.2, 0.25) is 0 Å². The minimum atomic E-state index is 0.122. The van der Waals surface area contributed by atoms with E-state index in [0.29, 0.717) is 12.0 Å². The van der Waals surface area contributed by atoms with Crippen molar-refractivity contribution in [2.24, 2.45) is 17.8 Å². The Balaban J connectivity index is 1.65. The second-order valence-electron chi connectivity index (χ2n) is 6.43. The van der Waals surface area contributed by atoms with Gasteiger partial charge in [0.25, 0.3) is 5.91 Å². The molecule has 104 valence electrons. The van der Waals surface area contributed by atoms with E-state index in [1.165, 1.54) is 30.6 Å². The molecule has 2 saturated carbocycles. The Labute approximate surface area is 119 Å². The van der Waals surface area contributed by atoms with Crippen molar-refractivity contribution in [3.05, 3.63) is 21.4 Å². The van der Waals surface area contributed by atoms with E-state index in [1.54, 1.807) is 11.3 Å². The Morgan fingerprint density at radius 2 is 2.16 bits per heavy atom. The molecule has 2 nitrogen and oxygen atoms in total. The maximum absolute atomic E-state index is 12.3. The van der Waals surface area contributed by atoms with Gasteiger partial charge in [-0.25, -0.2) is 0 Å². The predicted molar refractivity (Wildman–Crippen MR) is 79.7 cm³/mol. The molecule has 1 aromatic heterocycles. The Morgan fingerprint density at radius 1 is 1.37 bits per heavy atom.